The van der Waals surface area contributed by atoms with Crippen LogP contribution >= 0.6 is 0 Å². The molecule has 0 bridgehead atoms. The van der Waals surface area contributed by atoms with E-state index in [1.54, 1.807) is 14.2 Å². The van der Waals surface area contributed by atoms with Crippen molar-refractivity contribution in [1.29, 1.82) is 0 Å². The normalized spacial score (nSPS) is 15.6. The van der Waals surface area contributed by atoms with E-state index in [0.29, 0.717) is 19.1 Å². The maximum atomic E-state index is 10.5. The van der Waals surface area contributed by atoms with Crippen LogP contribution in [0.1, 0.15) is 54.7 Å². The predicted molar refractivity (Wildman–Crippen MR) is 129 cm³/mol. The third-order valence-electron chi connectivity index (χ3n) is 6.46. The van der Waals surface area contributed by atoms with E-state index in [2.05, 4.69) is 36.1 Å². The van der Waals surface area contributed by atoms with Gasteiger partial charge < -0.3 is 24.2 Å². The highest BCUT2D eigenvalue weighted by molar-refractivity contribution is 5.43. The van der Waals surface area contributed by atoms with Crippen LogP contribution < -0.4 is 14.2 Å². The van der Waals surface area contributed by atoms with Gasteiger partial charge in [0.25, 0.3) is 0 Å². The lowest BCUT2D eigenvalue weighted by atomic mass is 9.83. The SMILES string of the molecule is COc1ccc(CCN(C)CC(O)COc2ccc(C3CCCCC3)cc2C)cc1OC. The molecule has 0 amide bonds. The van der Waals surface area contributed by atoms with Gasteiger partial charge in [0.1, 0.15) is 18.5 Å². The lowest BCUT2D eigenvalue weighted by molar-refractivity contribution is 0.0764. The fraction of sp³-hybridized carbons (Fsp3) is 0.556. The molecule has 0 spiro atoms. The number of aliphatic hydroxyl groups excluding tert-OH is 1. The smallest absolute Gasteiger partial charge is 0.160 e. The second-order valence-corrected chi connectivity index (χ2v) is 9.03. The van der Waals surface area contributed by atoms with Crippen molar-refractivity contribution in [3.63, 3.8) is 0 Å². The van der Waals surface area contributed by atoms with E-state index in [0.717, 1.165) is 35.8 Å². The third-order valence-corrected chi connectivity index (χ3v) is 6.46. The number of hydrogen-bond acceptors (Lipinski definition) is 5. The van der Waals surface area contributed by atoms with Crippen molar-refractivity contribution < 1.29 is 19.3 Å². The van der Waals surface area contributed by atoms with Crippen molar-refractivity contribution in [2.24, 2.45) is 0 Å². The molecule has 32 heavy (non-hydrogen) atoms. The summed E-state index contributed by atoms with van der Waals surface area (Å²) in [6, 6.07) is 12.5. The number of rotatable bonds is 11. The number of methoxy groups -OCH3 is 2. The molecule has 1 unspecified atom stereocenters. The molecule has 1 N–H and O–H groups in total. The van der Waals surface area contributed by atoms with Gasteiger partial charge in [0.2, 0.25) is 0 Å². The van der Waals surface area contributed by atoms with E-state index in [1.165, 1.54) is 43.2 Å². The van der Waals surface area contributed by atoms with E-state index in [4.69, 9.17) is 14.2 Å². The van der Waals surface area contributed by atoms with Gasteiger partial charge in [-0.1, -0.05) is 37.5 Å². The second kappa shape index (κ2) is 12.1. The Labute approximate surface area is 193 Å². The van der Waals surface area contributed by atoms with Gasteiger partial charge in [0, 0.05) is 13.1 Å². The Kier molecular flexibility index (Phi) is 9.24. The minimum absolute atomic E-state index is 0.296. The zero-order valence-electron chi connectivity index (χ0n) is 20.1. The zero-order valence-corrected chi connectivity index (χ0v) is 20.1. The zero-order chi connectivity index (χ0) is 22.9. The molecule has 0 aliphatic heterocycles. The van der Waals surface area contributed by atoms with Gasteiger partial charge in [-0.3, -0.25) is 0 Å². The Morgan fingerprint density at radius 1 is 0.969 bits per heavy atom. The van der Waals surface area contributed by atoms with E-state index in [9.17, 15) is 5.11 Å². The Balaban J connectivity index is 1.43. The molecule has 0 aromatic heterocycles. The maximum Gasteiger partial charge on any atom is 0.160 e. The van der Waals surface area contributed by atoms with Crippen LogP contribution in [0.3, 0.4) is 0 Å². The first-order chi connectivity index (χ1) is 15.5. The van der Waals surface area contributed by atoms with Gasteiger partial charge in [0.05, 0.1) is 14.2 Å². The van der Waals surface area contributed by atoms with Crippen molar-refractivity contribution in [3.05, 3.63) is 53.1 Å². The minimum Gasteiger partial charge on any atom is -0.493 e. The van der Waals surface area contributed by atoms with Crippen molar-refractivity contribution in [3.8, 4) is 17.2 Å². The summed E-state index contributed by atoms with van der Waals surface area (Å²) < 4.78 is 16.6. The Morgan fingerprint density at radius 2 is 1.69 bits per heavy atom. The van der Waals surface area contributed by atoms with Crippen molar-refractivity contribution >= 4 is 0 Å². The topological polar surface area (TPSA) is 51.2 Å². The molecule has 2 aromatic rings. The Morgan fingerprint density at radius 3 is 2.38 bits per heavy atom. The van der Waals surface area contributed by atoms with Crippen LogP contribution in [0.15, 0.2) is 36.4 Å². The standard InChI is InChI=1S/C27H39NO4/c1-20-16-23(22-8-6-5-7-9-22)11-13-25(20)32-19-24(29)18-28(2)15-14-21-10-12-26(30-3)27(17-21)31-4/h10-13,16-17,22,24,29H,5-9,14-15,18-19H2,1-4H3. The highest BCUT2D eigenvalue weighted by Gasteiger charge is 2.17. The molecule has 1 fully saturated rings. The third kappa shape index (κ3) is 6.88. The summed E-state index contributed by atoms with van der Waals surface area (Å²) in [6.45, 7) is 3.79. The van der Waals surface area contributed by atoms with Crippen LogP contribution in [0.25, 0.3) is 0 Å². The van der Waals surface area contributed by atoms with Crippen LogP contribution in [0.4, 0.5) is 0 Å². The van der Waals surface area contributed by atoms with Gasteiger partial charge in [-0.25, -0.2) is 0 Å². The average Bonchev–Trinajstić information content (AvgIpc) is 2.82. The van der Waals surface area contributed by atoms with Crippen LogP contribution in [0, 0.1) is 6.92 Å². The fourth-order valence-corrected chi connectivity index (χ4v) is 4.57. The van der Waals surface area contributed by atoms with Crippen LogP contribution in [0.2, 0.25) is 0 Å². The lowest BCUT2D eigenvalue weighted by Gasteiger charge is -2.23. The van der Waals surface area contributed by atoms with E-state index < -0.39 is 6.10 Å². The maximum absolute atomic E-state index is 10.5. The van der Waals surface area contributed by atoms with E-state index in [1.807, 2.05) is 19.2 Å². The molecule has 0 heterocycles. The second-order valence-electron chi connectivity index (χ2n) is 9.03. The largest absolute Gasteiger partial charge is 0.493 e. The summed E-state index contributed by atoms with van der Waals surface area (Å²) in [5.74, 6) is 3.04. The highest BCUT2D eigenvalue weighted by atomic mass is 16.5. The van der Waals surface area contributed by atoms with Crippen LogP contribution in [0.5, 0.6) is 17.2 Å². The van der Waals surface area contributed by atoms with Crippen molar-refractivity contribution in [2.75, 3.05) is 41.0 Å². The Hall–Kier alpha value is -2.24. The molecule has 0 saturated heterocycles. The lowest BCUT2D eigenvalue weighted by Crippen LogP contribution is -2.34. The molecule has 176 valence electrons. The predicted octanol–water partition coefficient (Wildman–Crippen LogP) is 4.97. The van der Waals surface area contributed by atoms with Gasteiger partial charge in [-0.15, -0.1) is 0 Å². The minimum atomic E-state index is -0.539. The summed E-state index contributed by atoms with van der Waals surface area (Å²) in [7, 11) is 5.31. The van der Waals surface area contributed by atoms with E-state index >= 15 is 0 Å². The average molecular weight is 442 g/mol. The summed E-state index contributed by atoms with van der Waals surface area (Å²) in [4.78, 5) is 2.13. The van der Waals surface area contributed by atoms with Crippen molar-refractivity contribution in [2.45, 2.75) is 57.5 Å². The molecule has 5 nitrogen and oxygen atoms in total. The first-order valence-electron chi connectivity index (χ1n) is 11.8. The molecule has 1 aliphatic carbocycles. The van der Waals surface area contributed by atoms with Crippen LogP contribution in [-0.2, 0) is 6.42 Å². The molecular formula is C27H39NO4. The summed E-state index contributed by atoms with van der Waals surface area (Å²) in [5, 5.41) is 10.5. The molecule has 5 heteroatoms. The number of hydrogen-bond donors (Lipinski definition) is 1. The molecule has 1 saturated carbocycles. The van der Waals surface area contributed by atoms with Gasteiger partial charge >= 0.3 is 0 Å². The first kappa shape index (κ1) is 24.4. The summed E-state index contributed by atoms with van der Waals surface area (Å²) >= 11 is 0. The fourth-order valence-electron chi connectivity index (χ4n) is 4.57. The molecule has 2 aromatic carbocycles. The molecule has 1 aliphatic rings. The van der Waals surface area contributed by atoms with Crippen LogP contribution in [-0.4, -0.2) is 57.1 Å². The van der Waals surface area contributed by atoms with E-state index in [-0.39, 0.29) is 0 Å². The Bertz CT molecular complexity index is 848. The number of nitrogens with zero attached hydrogens (tertiary/aromatic N) is 1. The monoisotopic (exact) mass is 441 g/mol. The molecular weight excluding hydrogens is 402 g/mol. The number of ether oxygens (including phenoxy) is 3. The van der Waals surface area contributed by atoms with Gasteiger partial charge in [0.15, 0.2) is 11.5 Å². The van der Waals surface area contributed by atoms with Gasteiger partial charge in [-0.2, -0.15) is 0 Å². The number of aryl methyl sites for hydroxylation is 1. The highest BCUT2D eigenvalue weighted by Crippen LogP contribution is 2.34. The quantitative estimate of drug-likeness (QED) is 0.533. The first-order valence-corrected chi connectivity index (χ1v) is 11.8. The number of benzene rings is 2. The molecule has 0 radical (unpaired) electrons. The molecule has 1 atom stereocenters. The summed E-state index contributed by atoms with van der Waals surface area (Å²) in [6.07, 6.45) is 6.98. The number of aliphatic hydroxyl groups is 1. The van der Waals surface area contributed by atoms with Gasteiger partial charge in [-0.05, 0) is 74.0 Å². The number of likely N-dealkylation sites (N-methyl/N-ethyl adjacent to an activating group) is 1. The molecule has 3 rings (SSSR count). The summed E-state index contributed by atoms with van der Waals surface area (Å²) in [5.41, 5.74) is 3.76. The van der Waals surface area contributed by atoms with Crippen molar-refractivity contribution in [1.82, 2.24) is 4.90 Å².